The second kappa shape index (κ2) is 4.88. The SMILES string of the molecule is CS(=O)(=O)c1ccc(C(N)c2ccccn2)cc1. The number of nitrogens with zero attached hydrogens (tertiary/aromatic N) is 1. The van der Waals surface area contributed by atoms with Gasteiger partial charge in [-0.3, -0.25) is 4.98 Å². The largest absolute Gasteiger partial charge is 0.319 e. The van der Waals surface area contributed by atoms with E-state index in [2.05, 4.69) is 4.98 Å². The summed E-state index contributed by atoms with van der Waals surface area (Å²) in [6, 6.07) is 11.7. The Morgan fingerprint density at radius 3 is 2.28 bits per heavy atom. The third kappa shape index (κ3) is 2.75. The minimum atomic E-state index is -3.17. The highest BCUT2D eigenvalue weighted by molar-refractivity contribution is 7.90. The molecule has 18 heavy (non-hydrogen) atoms. The molecule has 0 saturated carbocycles. The van der Waals surface area contributed by atoms with Gasteiger partial charge in [0.2, 0.25) is 0 Å². The minimum Gasteiger partial charge on any atom is -0.319 e. The third-order valence-corrected chi connectivity index (χ3v) is 3.80. The van der Waals surface area contributed by atoms with Crippen molar-refractivity contribution in [1.29, 1.82) is 0 Å². The normalized spacial score (nSPS) is 13.2. The van der Waals surface area contributed by atoms with Crippen LogP contribution in [-0.2, 0) is 9.84 Å². The average molecular weight is 262 g/mol. The summed E-state index contributed by atoms with van der Waals surface area (Å²) in [6.45, 7) is 0. The van der Waals surface area contributed by atoms with Gasteiger partial charge in [-0.25, -0.2) is 8.42 Å². The number of hydrogen-bond acceptors (Lipinski definition) is 4. The molecule has 1 unspecified atom stereocenters. The Bertz CT molecular complexity index is 622. The van der Waals surface area contributed by atoms with E-state index in [9.17, 15) is 8.42 Å². The van der Waals surface area contributed by atoms with Crippen molar-refractivity contribution in [2.24, 2.45) is 5.73 Å². The Morgan fingerprint density at radius 1 is 1.11 bits per heavy atom. The maximum absolute atomic E-state index is 11.3. The Balaban J connectivity index is 2.31. The van der Waals surface area contributed by atoms with E-state index in [1.54, 1.807) is 30.5 Å². The van der Waals surface area contributed by atoms with Crippen LogP contribution in [0.15, 0.2) is 53.6 Å². The zero-order chi connectivity index (χ0) is 13.2. The number of aromatic nitrogens is 1. The van der Waals surface area contributed by atoms with Crippen molar-refractivity contribution in [3.63, 3.8) is 0 Å². The van der Waals surface area contributed by atoms with E-state index in [4.69, 9.17) is 5.73 Å². The molecule has 5 heteroatoms. The van der Waals surface area contributed by atoms with E-state index in [-0.39, 0.29) is 6.04 Å². The number of sulfone groups is 1. The van der Waals surface area contributed by atoms with Gasteiger partial charge in [0.1, 0.15) is 0 Å². The van der Waals surface area contributed by atoms with Crippen LogP contribution in [0.5, 0.6) is 0 Å². The van der Waals surface area contributed by atoms with Gasteiger partial charge in [0.05, 0.1) is 16.6 Å². The van der Waals surface area contributed by atoms with Crippen molar-refractivity contribution >= 4 is 9.84 Å². The van der Waals surface area contributed by atoms with Gasteiger partial charge in [-0.2, -0.15) is 0 Å². The Morgan fingerprint density at radius 2 is 1.78 bits per heavy atom. The van der Waals surface area contributed by atoms with Crippen LogP contribution in [0.1, 0.15) is 17.3 Å². The van der Waals surface area contributed by atoms with E-state index in [1.165, 1.54) is 6.26 Å². The highest BCUT2D eigenvalue weighted by Gasteiger charge is 2.11. The van der Waals surface area contributed by atoms with Crippen LogP contribution in [0.4, 0.5) is 0 Å². The standard InChI is InChI=1S/C13H14N2O2S/c1-18(16,17)11-7-5-10(6-8-11)13(14)12-4-2-3-9-15-12/h2-9,13H,14H2,1H3. The second-order valence-corrected chi connectivity index (χ2v) is 6.09. The molecule has 1 atom stereocenters. The molecule has 0 amide bonds. The molecule has 2 aromatic rings. The summed E-state index contributed by atoms with van der Waals surface area (Å²) < 4.78 is 22.7. The van der Waals surface area contributed by atoms with Gasteiger partial charge in [0, 0.05) is 12.5 Å². The first-order chi connectivity index (χ1) is 8.48. The van der Waals surface area contributed by atoms with Gasteiger partial charge < -0.3 is 5.73 Å². The van der Waals surface area contributed by atoms with Crippen LogP contribution in [-0.4, -0.2) is 19.7 Å². The van der Waals surface area contributed by atoms with Gasteiger partial charge in [-0.1, -0.05) is 18.2 Å². The molecular formula is C13H14N2O2S. The number of rotatable bonds is 3. The van der Waals surface area contributed by atoms with Gasteiger partial charge in [0.15, 0.2) is 9.84 Å². The molecular weight excluding hydrogens is 248 g/mol. The van der Waals surface area contributed by atoms with Crippen molar-refractivity contribution < 1.29 is 8.42 Å². The quantitative estimate of drug-likeness (QED) is 0.910. The monoisotopic (exact) mass is 262 g/mol. The second-order valence-electron chi connectivity index (χ2n) is 4.07. The van der Waals surface area contributed by atoms with Crippen molar-refractivity contribution in [3.05, 3.63) is 59.9 Å². The number of pyridine rings is 1. The molecule has 0 aliphatic rings. The first-order valence-corrected chi connectivity index (χ1v) is 7.34. The summed E-state index contributed by atoms with van der Waals surface area (Å²) in [7, 11) is -3.17. The summed E-state index contributed by atoms with van der Waals surface area (Å²) in [5.74, 6) is 0. The molecule has 0 aliphatic heterocycles. The van der Waals surface area contributed by atoms with Crippen LogP contribution in [0.2, 0.25) is 0 Å². The number of benzene rings is 1. The predicted molar refractivity (Wildman–Crippen MR) is 69.8 cm³/mol. The van der Waals surface area contributed by atoms with E-state index in [1.807, 2.05) is 18.2 Å². The minimum absolute atomic E-state index is 0.291. The van der Waals surface area contributed by atoms with Crippen molar-refractivity contribution in [3.8, 4) is 0 Å². The zero-order valence-electron chi connectivity index (χ0n) is 9.95. The van der Waals surface area contributed by atoms with Gasteiger partial charge in [-0.05, 0) is 29.8 Å². The highest BCUT2D eigenvalue weighted by atomic mass is 32.2. The lowest BCUT2D eigenvalue weighted by atomic mass is 10.0. The first kappa shape index (κ1) is 12.7. The average Bonchev–Trinajstić information content (AvgIpc) is 2.38. The fourth-order valence-corrected chi connectivity index (χ4v) is 2.28. The molecule has 0 radical (unpaired) electrons. The number of hydrogen-bond donors (Lipinski definition) is 1. The summed E-state index contributed by atoms with van der Waals surface area (Å²) in [4.78, 5) is 4.47. The molecule has 0 bridgehead atoms. The van der Waals surface area contributed by atoms with Gasteiger partial charge >= 0.3 is 0 Å². The molecule has 0 aliphatic carbocycles. The van der Waals surface area contributed by atoms with Crippen LogP contribution in [0.25, 0.3) is 0 Å². The lowest BCUT2D eigenvalue weighted by Crippen LogP contribution is -2.13. The van der Waals surface area contributed by atoms with E-state index >= 15 is 0 Å². The van der Waals surface area contributed by atoms with Crippen molar-refractivity contribution in [1.82, 2.24) is 4.98 Å². The summed E-state index contributed by atoms with van der Waals surface area (Å²) in [5, 5.41) is 0. The van der Waals surface area contributed by atoms with E-state index < -0.39 is 9.84 Å². The van der Waals surface area contributed by atoms with Crippen LogP contribution in [0.3, 0.4) is 0 Å². The molecule has 94 valence electrons. The molecule has 2 N–H and O–H groups in total. The van der Waals surface area contributed by atoms with Crippen molar-refractivity contribution in [2.45, 2.75) is 10.9 Å². The Labute approximate surface area is 106 Å². The predicted octanol–water partition coefficient (Wildman–Crippen LogP) is 1.53. The molecule has 0 fully saturated rings. The molecule has 1 aromatic heterocycles. The summed E-state index contributed by atoms with van der Waals surface area (Å²) in [6.07, 6.45) is 2.86. The van der Waals surface area contributed by atoms with Crippen LogP contribution < -0.4 is 5.73 Å². The van der Waals surface area contributed by atoms with Crippen molar-refractivity contribution in [2.75, 3.05) is 6.26 Å². The van der Waals surface area contributed by atoms with Gasteiger partial charge in [0.25, 0.3) is 0 Å². The molecule has 1 aromatic carbocycles. The fourth-order valence-electron chi connectivity index (χ4n) is 1.65. The molecule has 0 spiro atoms. The van der Waals surface area contributed by atoms with Gasteiger partial charge in [-0.15, -0.1) is 0 Å². The van der Waals surface area contributed by atoms with Crippen LogP contribution >= 0.6 is 0 Å². The zero-order valence-corrected chi connectivity index (χ0v) is 10.8. The molecule has 4 nitrogen and oxygen atoms in total. The molecule has 1 heterocycles. The highest BCUT2D eigenvalue weighted by Crippen LogP contribution is 2.19. The maximum atomic E-state index is 11.3. The summed E-state index contributed by atoms with van der Waals surface area (Å²) in [5.41, 5.74) is 7.65. The topological polar surface area (TPSA) is 73.0 Å². The van der Waals surface area contributed by atoms with Crippen LogP contribution in [0, 0.1) is 0 Å². The maximum Gasteiger partial charge on any atom is 0.175 e. The van der Waals surface area contributed by atoms with E-state index in [0.29, 0.717) is 4.90 Å². The Kier molecular flexibility index (Phi) is 3.45. The number of nitrogens with two attached hydrogens (primary N) is 1. The molecule has 2 rings (SSSR count). The summed E-state index contributed by atoms with van der Waals surface area (Å²) >= 11 is 0. The first-order valence-electron chi connectivity index (χ1n) is 5.45. The Hall–Kier alpha value is -1.72. The third-order valence-electron chi connectivity index (χ3n) is 2.67. The van der Waals surface area contributed by atoms with E-state index in [0.717, 1.165) is 11.3 Å². The lowest BCUT2D eigenvalue weighted by Gasteiger charge is -2.11. The smallest absolute Gasteiger partial charge is 0.175 e. The molecule has 0 saturated heterocycles. The fraction of sp³-hybridized carbons (Fsp3) is 0.154. The lowest BCUT2D eigenvalue weighted by molar-refractivity contribution is 0.602.